The van der Waals surface area contributed by atoms with Crippen molar-refractivity contribution in [1.29, 1.82) is 0 Å². The Kier molecular flexibility index (Phi) is 15.7. The molecule has 0 aliphatic heterocycles. The molecule has 0 amide bonds. The predicted octanol–water partition coefficient (Wildman–Crippen LogP) is -5.52. The largest absolute Gasteiger partial charge is 3.00 e. The molecule has 3 rings (SSSR count). The SMILES string of the molecule is COc1ccc(P(c2ccc(OC)cc2)c2ccc(OC)cc2)cc1.[Au+3].[Cl-].[Cl-].[Cl-]. The zero-order chi connectivity index (χ0) is 17.6. The molecule has 0 aliphatic rings. The smallest absolute Gasteiger partial charge is 1.00 e. The molecule has 0 atom stereocenters. The first-order chi connectivity index (χ1) is 12.2. The number of hydrogen-bond acceptors (Lipinski definition) is 3. The molecule has 0 saturated carbocycles. The number of hydrogen-bond donors (Lipinski definition) is 0. The van der Waals surface area contributed by atoms with Crippen LogP contribution in [-0.2, 0) is 22.4 Å². The van der Waals surface area contributed by atoms with Gasteiger partial charge in [0.05, 0.1) is 21.3 Å². The Morgan fingerprint density at radius 1 is 0.448 bits per heavy atom. The van der Waals surface area contributed by atoms with Gasteiger partial charge in [0.25, 0.3) is 0 Å². The van der Waals surface area contributed by atoms with Gasteiger partial charge >= 0.3 is 22.4 Å². The molecule has 0 saturated heterocycles. The molecule has 29 heavy (non-hydrogen) atoms. The molecule has 0 radical (unpaired) electrons. The van der Waals surface area contributed by atoms with E-state index in [1.165, 1.54) is 15.9 Å². The van der Waals surface area contributed by atoms with E-state index < -0.39 is 7.92 Å². The summed E-state index contributed by atoms with van der Waals surface area (Å²) in [5, 5.41) is 3.81. The second-order valence-electron chi connectivity index (χ2n) is 5.43. The van der Waals surface area contributed by atoms with Crippen LogP contribution in [0.4, 0.5) is 0 Å². The molecule has 3 aromatic rings. The van der Waals surface area contributed by atoms with Crippen LogP contribution in [0.2, 0.25) is 0 Å². The van der Waals surface area contributed by atoms with Gasteiger partial charge in [0.1, 0.15) is 17.2 Å². The van der Waals surface area contributed by atoms with Crippen LogP contribution >= 0.6 is 7.92 Å². The van der Waals surface area contributed by atoms with Crippen molar-refractivity contribution in [3.63, 3.8) is 0 Å². The molecule has 160 valence electrons. The van der Waals surface area contributed by atoms with Gasteiger partial charge in [-0.05, 0) is 60.2 Å². The van der Waals surface area contributed by atoms with E-state index in [-0.39, 0.29) is 59.6 Å². The fraction of sp³-hybridized carbons (Fsp3) is 0.143. The van der Waals surface area contributed by atoms with E-state index >= 15 is 0 Å². The molecule has 0 heterocycles. The standard InChI is InChI=1S/C21H21O3P.Au.3ClH/c1-22-16-4-10-19(11-5-16)25(20-12-6-17(23-2)7-13-20)21-14-8-18(24-3)9-15-21;;;;/h4-15H,1-3H3;;3*1H/q;+3;;;/p-3. The fourth-order valence-corrected chi connectivity index (χ4v) is 4.88. The summed E-state index contributed by atoms with van der Waals surface area (Å²) in [5.74, 6) is 2.59. The Morgan fingerprint density at radius 2 is 0.655 bits per heavy atom. The average molecular weight is 656 g/mol. The van der Waals surface area contributed by atoms with Crippen molar-refractivity contribution < 1.29 is 73.8 Å². The monoisotopic (exact) mass is 654 g/mol. The van der Waals surface area contributed by atoms with E-state index in [0.29, 0.717) is 0 Å². The zero-order valence-electron chi connectivity index (χ0n) is 16.0. The van der Waals surface area contributed by atoms with Crippen molar-refractivity contribution in [2.24, 2.45) is 0 Å². The van der Waals surface area contributed by atoms with E-state index in [1.807, 2.05) is 36.4 Å². The summed E-state index contributed by atoms with van der Waals surface area (Å²) in [6, 6.07) is 24.9. The maximum Gasteiger partial charge on any atom is 3.00 e. The van der Waals surface area contributed by atoms with Gasteiger partial charge < -0.3 is 51.4 Å². The van der Waals surface area contributed by atoms with Crippen molar-refractivity contribution >= 4 is 23.8 Å². The van der Waals surface area contributed by atoms with E-state index in [0.717, 1.165) is 17.2 Å². The summed E-state index contributed by atoms with van der Waals surface area (Å²) in [7, 11) is 4.39. The normalized spacial score (nSPS) is 9.10. The second-order valence-corrected chi connectivity index (χ2v) is 7.65. The summed E-state index contributed by atoms with van der Waals surface area (Å²) in [6.45, 7) is 0. The van der Waals surface area contributed by atoms with E-state index in [9.17, 15) is 0 Å². The molecule has 0 spiro atoms. The molecule has 0 bridgehead atoms. The number of ether oxygens (including phenoxy) is 3. The van der Waals surface area contributed by atoms with Gasteiger partial charge in [-0.2, -0.15) is 0 Å². The van der Waals surface area contributed by atoms with Gasteiger partial charge in [0.2, 0.25) is 0 Å². The Morgan fingerprint density at radius 3 is 0.828 bits per heavy atom. The summed E-state index contributed by atoms with van der Waals surface area (Å²) in [5.41, 5.74) is 0. The van der Waals surface area contributed by atoms with Gasteiger partial charge in [-0.1, -0.05) is 36.4 Å². The Balaban J connectivity index is 0. The van der Waals surface area contributed by atoms with Crippen LogP contribution in [0.1, 0.15) is 0 Å². The van der Waals surface area contributed by atoms with E-state index in [1.54, 1.807) is 21.3 Å². The third kappa shape index (κ3) is 7.70. The minimum absolute atomic E-state index is 0. The minimum Gasteiger partial charge on any atom is -1.00 e. The number of benzene rings is 3. The molecule has 0 unspecified atom stereocenters. The summed E-state index contributed by atoms with van der Waals surface area (Å²) in [6.07, 6.45) is 0. The summed E-state index contributed by atoms with van der Waals surface area (Å²) < 4.78 is 15.9. The van der Waals surface area contributed by atoms with Gasteiger partial charge in [-0.3, -0.25) is 0 Å². The summed E-state index contributed by atoms with van der Waals surface area (Å²) >= 11 is 0. The van der Waals surface area contributed by atoms with Gasteiger partial charge in [0, 0.05) is 0 Å². The maximum absolute atomic E-state index is 5.30. The van der Waals surface area contributed by atoms with Gasteiger partial charge in [-0.15, -0.1) is 0 Å². The third-order valence-electron chi connectivity index (χ3n) is 3.99. The quantitative estimate of drug-likeness (QED) is 0.196. The molecule has 0 fully saturated rings. The molecule has 3 nitrogen and oxygen atoms in total. The second kappa shape index (κ2) is 15.0. The first-order valence-electron chi connectivity index (χ1n) is 7.97. The summed E-state index contributed by atoms with van der Waals surface area (Å²) in [4.78, 5) is 0. The first-order valence-corrected chi connectivity index (χ1v) is 9.31. The Labute approximate surface area is 208 Å². The third-order valence-corrected chi connectivity index (χ3v) is 6.44. The van der Waals surface area contributed by atoms with Crippen molar-refractivity contribution in [3.05, 3.63) is 72.8 Å². The Hall–Kier alpha value is -0.900. The van der Waals surface area contributed by atoms with Crippen LogP contribution in [0.3, 0.4) is 0 Å². The van der Waals surface area contributed by atoms with Crippen molar-refractivity contribution in [2.45, 2.75) is 0 Å². The van der Waals surface area contributed by atoms with Crippen molar-refractivity contribution in [3.8, 4) is 17.2 Å². The molecular formula is C21H21AuCl3O3P. The van der Waals surface area contributed by atoms with Crippen LogP contribution in [0.15, 0.2) is 72.8 Å². The molecular weight excluding hydrogens is 635 g/mol. The average Bonchev–Trinajstić information content (AvgIpc) is 2.70. The minimum atomic E-state index is -0.665. The fourth-order valence-electron chi connectivity index (χ4n) is 2.64. The van der Waals surface area contributed by atoms with Crippen LogP contribution in [0, 0.1) is 0 Å². The molecule has 8 heteroatoms. The van der Waals surface area contributed by atoms with E-state index in [4.69, 9.17) is 14.2 Å². The molecule has 0 aliphatic carbocycles. The topological polar surface area (TPSA) is 27.7 Å². The van der Waals surface area contributed by atoms with Crippen molar-refractivity contribution in [2.75, 3.05) is 21.3 Å². The predicted molar refractivity (Wildman–Crippen MR) is 105 cm³/mol. The zero-order valence-corrected chi connectivity index (χ0v) is 21.4. The number of methoxy groups -OCH3 is 3. The van der Waals surface area contributed by atoms with Crippen LogP contribution < -0.4 is 67.3 Å². The first kappa shape index (κ1) is 30.3. The van der Waals surface area contributed by atoms with E-state index in [2.05, 4.69) is 36.4 Å². The maximum atomic E-state index is 5.30. The van der Waals surface area contributed by atoms with Crippen LogP contribution in [-0.4, -0.2) is 21.3 Å². The van der Waals surface area contributed by atoms with Crippen LogP contribution in [0.25, 0.3) is 0 Å². The van der Waals surface area contributed by atoms with Crippen molar-refractivity contribution in [1.82, 2.24) is 0 Å². The molecule has 0 N–H and O–H groups in total. The molecule has 0 aromatic heterocycles. The number of halogens is 3. The van der Waals surface area contributed by atoms with Gasteiger partial charge in [-0.25, -0.2) is 0 Å². The van der Waals surface area contributed by atoms with Crippen LogP contribution in [0.5, 0.6) is 17.2 Å². The molecule has 3 aromatic carbocycles. The number of rotatable bonds is 6. The van der Waals surface area contributed by atoms with Gasteiger partial charge in [0.15, 0.2) is 0 Å². The Bertz CT molecular complexity index is 703.